The second-order valence-corrected chi connectivity index (χ2v) is 4.52. The van der Waals surface area contributed by atoms with Gasteiger partial charge in [-0.1, -0.05) is 0 Å². The lowest BCUT2D eigenvalue weighted by Crippen LogP contribution is -2.14. The summed E-state index contributed by atoms with van der Waals surface area (Å²) in [6, 6.07) is 5.91. The molecule has 0 bridgehead atoms. The van der Waals surface area contributed by atoms with Crippen LogP contribution in [0.15, 0.2) is 24.3 Å². The third-order valence-electron chi connectivity index (χ3n) is 2.72. The third-order valence-corrected chi connectivity index (χ3v) is 2.72. The van der Waals surface area contributed by atoms with Crippen molar-refractivity contribution in [3.05, 3.63) is 41.5 Å². The van der Waals surface area contributed by atoms with Crippen LogP contribution < -0.4 is 0 Å². The molecular weight excluding hydrogens is 304 g/mol. The van der Waals surface area contributed by atoms with Crippen molar-refractivity contribution in [2.24, 2.45) is 0 Å². The van der Waals surface area contributed by atoms with Gasteiger partial charge in [0.15, 0.2) is 5.82 Å². The first-order valence-electron chi connectivity index (χ1n) is 5.67. The maximum absolute atomic E-state index is 12.9. The van der Waals surface area contributed by atoms with Gasteiger partial charge in [0.2, 0.25) is 0 Å². The SMILES string of the molecule is Cc1nc(-c2ccc(F)cc2)n(O)c1CN(C)C.Cl.Cl. The van der Waals surface area contributed by atoms with Crippen molar-refractivity contribution in [3.63, 3.8) is 0 Å². The van der Waals surface area contributed by atoms with E-state index in [1.165, 1.54) is 12.1 Å². The van der Waals surface area contributed by atoms with E-state index >= 15 is 0 Å². The Morgan fingerprint density at radius 3 is 2.25 bits per heavy atom. The van der Waals surface area contributed by atoms with Gasteiger partial charge in [-0.3, -0.25) is 0 Å². The lowest BCUT2D eigenvalue weighted by atomic mass is 10.2. The molecule has 0 saturated carbocycles. The number of nitrogens with zero attached hydrogens (tertiary/aromatic N) is 3. The Hall–Kier alpha value is -1.30. The Kier molecular flexibility index (Phi) is 6.99. The number of halogens is 3. The minimum atomic E-state index is -0.306. The second-order valence-electron chi connectivity index (χ2n) is 4.52. The van der Waals surface area contributed by atoms with Gasteiger partial charge in [-0.2, -0.15) is 4.73 Å². The van der Waals surface area contributed by atoms with Crippen LogP contribution in [-0.4, -0.2) is 33.9 Å². The van der Waals surface area contributed by atoms with Gasteiger partial charge in [-0.15, -0.1) is 24.8 Å². The number of rotatable bonds is 3. The van der Waals surface area contributed by atoms with Crippen molar-refractivity contribution >= 4 is 24.8 Å². The number of hydrogen-bond donors (Lipinski definition) is 1. The van der Waals surface area contributed by atoms with Crippen molar-refractivity contribution in [1.29, 1.82) is 0 Å². The molecule has 112 valence electrons. The quantitative estimate of drug-likeness (QED) is 0.883. The summed E-state index contributed by atoms with van der Waals surface area (Å²) in [5.41, 5.74) is 2.19. The van der Waals surface area contributed by atoms with Gasteiger partial charge in [0.1, 0.15) is 5.82 Å². The van der Waals surface area contributed by atoms with Crippen molar-refractivity contribution in [1.82, 2.24) is 14.6 Å². The lowest BCUT2D eigenvalue weighted by molar-refractivity contribution is 0.172. The molecule has 0 unspecified atom stereocenters. The van der Waals surface area contributed by atoms with Crippen LogP contribution in [0.4, 0.5) is 4.39 Å². The largest absolute Gasteiger partial charge is 0.427 e. The van der Waals surface area contributed by atoms with Gasteiger partial charge in [0, 0.05) is 12.1 Å². The van der Waals surface area contributed by atoms with Gasteiger partial charge in [0.25, 0.3) is 0 Å². The molecule has 2 aromatic rings. The van der Waals surface area contributed by atoms with E-state index in [9.17, 15) is 9.60 Å². The van der Waals surface area contributed by atoms with Crippen LogP contribution in [-0.2, 0) is 6.54 Å². The fourth-order valence-electron chi connectivity index (χ4n) is 1.82. The van der Waals surface area contributed by atoms with Gasteiger partial charge >= 0.3 is 0 Å². The molecule has 0 spiro atoms. The van der Waals surface area contributed by atoms with Gasteiger partial charge < -0.3 is 10.1 Å². The van der Waals surface area contributed by atoms with E-state index in [0.717, 1.165) is 16.1 Å². The molecule has 2 rings (SSSR count). The minimum absolute atomic E-state index is 0. The number of aryl methyl sites for hydroxylation is 1. The standard InChI is InChI=1S/C13H16FN3O.2ClH/c1-9-12(8-16(2)3)17(18)13(15-9)10-4-6-11(14)7-5-10;;/h4-7,18H,8H2,1-3H3;2*1H. The maximum atomic E-state index is 12.9. The van der Waals surface area contributed by atoms with Crippen LogP contribution in [0.1, 0.15) is 11.4 Å². The molecule has 0 aliphatic carbocycles. The molecule has 1 heterocycles. The Bertz CT molecular complexity index is 555. The third kappa shape index (κ3) is 3.85. The Labute approximate surface area is 130 Å². The molecule has 0 radical (unpaired) electrons. The average Bonchev–Trinajstić information content (AvgIpc) is 2.58. The summed E-state index contributed by atoms with van der Waals surface area (Å²) < 4.78 is 13.9. The second kappa shape index (κ2) is 7.47. The van der Waals surface area contributed by atoms with E-state index < -0.39 is 0 Å². The molecular formula is C13H18Cl2FN3O. The highest BCUT2D eigenvalue weighted by Crippen LogP contribution is 2.21. The van der Waals surface area contributed by atoms with Gasteiger partial charge in [0.05, 0.1) is 11.4 Å². The molecule has 1 aromatic carbocycles. The summed E-state index contributed by atoms with van der Waals surface area (Å²) in [5, 5.41) is 10.1. The van der Waals surface area contributed by atoms with E-state index in [1.54, 1.807) is 12.1 Å². The van der Waals surface area contributed by atoms with E-state index in [1.807, 2.05) is 25.9 Å². The molecule has 4 nitrogen and oxygen atoms in total. The normalized spacial score (nSPS) is 10.1. The molecule has 1 aromatic heterocycles. The zero-order valence-corrected chi connectivity index (χ0v) is 13.1. The summed E-state index contributed by atoms with van der Waals surface area (Å²) in [5.74, 6) is 0.129. The molecule has 0 saturated heterocycles. The highest BCUT2D eigenvalue weighted by molar-refractivity contribution is 5.85. The summed E-state index contributed by atoms with van der Waals surface area (Å²) in [4.78, 5) is 6.28. The first-order chi connectivity index (χ1) is 8.49. The topological polar surface area (TPSA) is 41.3 Å². The Morgan fingerprint density at radius 1 is 1.20 bits per heavy atom. The van der Waals surface area contributed by atoms with Crippen LogP contribution in [0.3, 0.4) is 0 Å². The molecule has 0 aliphatic heterocycles. The van der Waals surface area contributed by atoms with Crippen LogP contribution in [0.25, 0.3) is 11.4 Å². The molecule has 7 heteroatoms. The first kappa shape index (κ1) is 18.7. The summed E-state index contributed by atoms with van der Waals surface area (Å²) in [7, 11) is 3.84. The summed E-state index contributed by atoms with van der Waals surface area (Å²) in [6.07, 6.45) is 0. The van der Waals surface area contributed by atoms with Crippen LogP contribution >= 0.6 is 24.8 Å². The fourth-order valence-corrected chi connectivity index (χ4v) is 1.82. The summed E-state index contributed by atoms with van der Waals surface area (Å²) >= 11 is 0. The molecule has 1 N–H and O–H groups in total. The van der Waals surface area contributed by atoms with Crippen molar-refractivity contribution in [3.8, 4) is 11.4 Å². The molecule has 0 aliphatic rings. The molecule has 0 atom stereocenters. The van der Waals surface area contributed by atoms with E-state index in [-0.39, 0.29) is 30.6 Å². The predicted molar refractivity (Wildman–Crippen MR) is 81.4 cm³/mol. The van der Waals surface area contributed by atoms with E-state index in [2.05, 4.69) is 4.98 Å². The lowest BCUT2D eigenvalue weighted by Gasteiger charge is -2.10. The van der Waals surface area contributed by atoms with Crippen molar-refractivity contribution in [2.75, 3.05) is 14.1 Å². The fraction of sp³-hybridized carbons (Fsp3) is 0.308. The predicted octanol–water partition coefficient (Wildman–Crippen LogP) is 3.14. The molecule has 0 fully saturated rings. The van der Waals surface area contributed by atoms with Crippen LogP contribution in [0.5, 0.6) is 0 Å². The summed E-state index contributed by atoms with van der Waals surface area (Å²) in [6.45, 7) is 2.44. The van der Waals surface area contributed by atoms with E-state index in [0.29, 0.717) is 17.9 Å². The first-order valence-corrected chi connectivity index (χ1v) is 5.67. The molecule has 0 amide bonds. The van der Waals surface area contributed by atoms with Gasteiger partial charge in [-0.05, 0) is 45.3 Å². The zero-order valence-electron chi connectivity index (χ0n) is 11.5. The Balaban J connectivity index is 0.00000180. The van der Waals surface area contributed by atoms with E-state index in [4.69, 9.17) is 0 Å². The number of hydrogen-bond acceptors (Lipinski definition) is 3. The zero-order chi connectivity index (χ0) is 13.3. The highest BCUT2D eigenvalue weighted by atomic mass is 35.5. The smallest absolute Gasteiger partial charge is 0.175 e. The van der Waals surface area contributed by atoms with Crippen LogP contribution in [0, 0.1) is 12.7 Å². The minimum Gasteiger partial charge on any atom is -0.427 e. The van der Waals surface area contributed by atoms with Gasteiger partial charge in [-0.25, -0.2) is 9.37 Å². The monoisotopic (exact) mass is 321 g/mol. The average molecular weight is 322 g/mol. The number of benzene rings is 1. The van der Waals surface area contributed by atoms with Crippen molar-refractivity contribution in [2.45, 2.75) is 13.5 Å². The van der Waals surface area contributed by atoms with Crippen LogP contribution in [0.2, 0.25) is 0 Å². The number of imidazole rings is 1. The molecule has 20 heavy (non-hydrogen) atoms. The van der Waals surface area contributed by atoms with Crippen molar-refractivity contribution < 1.29 is 9.60 Å². The maximum Gasteiger partial charge on any atom is 0.175 e. The Morgan fingerprint density at radius 2 is 1.75 bits per heavy atom. The number of aromatic nitrogens is 2. The highest BCUT2D eigenvalue weighted by Gasteiger charge is 2.15.